The summed E-state index contributed by atoms with van der Waals surface area (Å²) in [6.45, 7) is 6.86. The molecule has 2 atom stereocenters. The second-order valence-electron chi connectivity index (χ2n) is 5.47. The molecule has 1 fully saturated rings. The molecule has 18 heavy (non-hydrogen) atoms. The maximum Gasteiger partial charge on any atom is 0.138 e. The first-order chi connectivity index (χ1) is 8.54. The summed E-state index contributed by atoms with van der Waals surface area (Å²) in [5.74, 6) is 0.865. The Morgan fingerprint density at radius 2 is 2.39 bits per heavy atom. The fourth-order valence-corrected chi connectivity index (χ4v) is 2.55. The van der Waals surface area contributed by atoms with Crippen molar-refractivity contribution >= 4 is 0 Å². The molecule has 2 unspecified atom stereocenters. The van der Waals surface area contributed by atoms with Crippen LogP contribution < -0.4 is 0 Å². The van der Waals surface area contributed by atoms with Gasteiger partial charge in [-0.3, -0.25) is 0 Å². The Kier molecular flexibility index (Phi) is 4.02. The summed E-state index contributed by atoms with van der Waals surface area (Å²) in [7, 11) is 0. The van der Waals surface area contributed by atoms with Crippen molar-refractivity contribution < 1.29 is 9.84 Å². The zero-order valence-electron chi connectivity index (χ0n) is 11.5. The highest BCUT2D eigenvalue weighted by atomic mass is 16.5. The standard InChI is InChI=1S/C13H23N3O2/c1-4-11-7-13(17,5-6-18-11)8-12-14-9-15-16(12)10(2)3/h9-11,17H,4-8H2,1-3H3. The smallest absolute Gasteiger partial charge is 0.138 e. The van der Waals surface area contributed by atoms with Gasteiger partial charge >= 0.3 is 0 Å². The summed E-state index contributed by atoms with van der Waals surface area (Å²) in [4.78, 5) is 4.28. The van der Waals surface area contributed by atoms with Crippen molar-refractivity contribution in [3.8, 4) is 0 Å². The molecule has 5 nitrogen and oxygen atoms in total. The fraction of sp³-hybridized carbons (Fsp3) is 0.846. The lowest BCUT2D eigenvalue weighted by molar-refractivity contribution is -0.104. The molecule has 0 aromatic carbocycles. The lowest BCUT2D eigenvalue weighted by Gasteiger charge is -2.36. The molecule has 0 spiro atoms. The minimum atomic E-state index is -0.696. The molecule has 1 aromatic rings. The highest BCUT2D eigenvalue weighted by Gasteiger charge is 2.36. The molecule has 1 aliphatic heterocycles. The number of rotatable bonds is 4. The van der Waals surface area contributed by atoms with Gasteiger partial charge in [-0.25, -0.2) is 9.67 Å². The fourth-order valence-electron chi connectivity index (χ4n) is 2.55. The molecule has 2 heterocycles. The van der Waals surface area contributed by atoms with Crippen LogP contribution in [0.3, 0.4) is 0 Å². The third-order valence-electron chi connectivity index (χ3n) is 3.61. The van der Waals surface area contributed by atoms with Crippen LogP contribution in [0.25, 0.3) is 0 Å². The van der Waals surface area contributed by atoms with Gasteiger partial charge in [0.05, 0.1) is 11.7 Å². The molecule has 0 aliphatic carbocycles. The van der Waals surface area contributed by atoms with Gasteiger partial charge in [-0.2, -0.15) is 5.10 Å². The summed E-state index contributed by atoms with van der Waals surface area (Å²) < 4.78 is 7.50. The highest BCUT2D eigenvalue weighted by Crippen LogP contribution is 2.29. The van der Waals surface area contributed by atoms with E-state index in [4.69, 9.17) is 4.74 Å². The molecule has 1 aliphatic rings. The van der Waals surface area contributed by atoms with Gasteiger partial charge in [0.1, 0.15) is 12.2 Å². The van der Waals surface area contributed by atoms with E-state index < -0.39 is 5.60 Å². The average Bonchev–Trinajstić information content (AvgIpc) is 2.76. The molecule has 0 radical (unpaired) electrons. The lowest BCUT2D eigenvalue weighted by Crippen LogP contribution is -2.43. The average molecular weight is 253 g/mol. The Bertz CT molecular complexity index is 391. The molecule has 1 saturated heterocycles. The second kappa shape index (κ2) is 5.36. The van der Waals surface area contributed by atoms with Gasteiger partial charge in [-0.05, 0) is 20.3 Å². The Labute approximate surface area is 108 Å². The van der Waals surface area contributed by atoms with E-state index in [0.29, 0.717) is 25.9 Å². The SMILES string of the molecule is CCC1CC(O)(Cc2ncnn2C(C)C)CCO1. The van der Waals surface area contributed by atoms with E-state index in [2.05, 4.69) is 30.9 Å². The van der Waals surface area contributed by atoms with Gasteiger partial charge < -0.3 is 9.84 Å². The zero-order chi connectivity index (χ0) is 13.2. The molecule has 1 N–H and O–H groups in total. The molecule has 5 heteroatoms. The topological polar surface area (TPSA) is 60.2 Å². The van der Waals surface area contributed by atoms with Gasteiger partial charge in [-0.1, -0.05) is 6.92 Å². The van der Waals surface area contributed by atoms with Gasteiger partial charge in [0.25, 0.3) is 0 Å². The molecule has 2 rings (SSSR count). The molecule has 0 amide bonds. The Balaban J connectivity index is 2.09. The Hall–Kier alpha value is -0.940. The maximum absolute atomic E-state index is 10.7. The summed E-state index contributed by atoms with van der Waals surface area (Å²) in [6, 6.07) is 0.271. The third kappa shape index (κ3) is 2.90. The molecule has 102 valence electrons. The Morgan fingerprint density at radius 1 is 1.61 bits per heavy atom. The highest BCUT2D eigenvalue weighted by molar-refractivity contribution is 4.98. The monoisotopic (exact) mass is 253 g/mol. The van der Waals surface area contributed by atoms with E-state index >= 15 is 0 Å². The summed E-state index contributed by atoms with van der Waals surface area (Å²) in [6.07, 6.45) is 4.60. The van der Waals surface area contributed by atoms with Gasteiger partial charge in [-0.15, -0.1) is 0 Å². The van der Waals surface area contributed by atoms with E-state index in [0.717, 1.165) is 12.2 Å². The Morgan fingerprint density at radius 3 is 3.06 bits per heavy atom. The van der Waals surface area contributed by atoms with E-state index in [1.165, 1.54) is 0 Å². The van der Waals surface area contributed by atoms with Crippen molar-refractivity contribution in [3.63, 3.8) is 0 Å². The molecular weight excluding hydrogens is 230 g/mol. The van der Waals surface area contributed by atoms with Gasteiger partial charge in [0.15, 0.2) is 0 Å². The zero-order valence-corrected chi connectivity index (χ0v) is 11.5. The van der Waals surface area contributed by atoms with Crippen LogP contribution in [0.2, 0.25) is 0 Å². The van der Waals surface area contributed by atoms with Crippen LogP contribution in [0, 0.1) is 0 Å². The van der Waals surface area contributed by atoms with Crippen molar-refractivity contribution in [1.29, 1.82) is 0 Å². The predicted octanol–water partition coefficient (Wildman–Crippen LogP) is 1.72. The number of hydrogen-bond acceptors (Lipinski definition) is 4. The third-order valence-corrected chi connectivity index (χ3v) is 3.61. The van der Waals surface area contributed by atoms with Crippen molar-refractivity contribution in [2.75, 3.05) is 6.61 Å². The van der Waals surface area contributed by atoms with Crippen LogP contribution in [-0.4, -0.2) is 38.2 Å². The number of aliphatic hydroxyl groups is 1. The summed E-state index contributed by atoms with van der Waals surface area (Å²) in [5.41, 5.74) is -0.696. The van der Waals surface area contributed by atoms with Crippen molar-refractivity contribution in [2.45, 2.75) is 64.2 Å². The number of ether oxygens (including phenoxy) is 1. The van der Waals surface area contributed by atoms with E-state index in [9.17, 15) is 5.11 Å². The minimum Gasteiger partial charge on any atom is -0.389 e. The first-order valence-corrected chi connectivity index (χ1v) is 6.76. The van der Waals surface area contributed by atoms with Crippen LogP contribution in [0.1, 0.15) is 51.9 Å². The lowest BCUT2D eigenvalue weighted by atomic mass is 9.86. The second-order valence-corrected chi connectivity index (χ2v) is 5.47. The minimum absolute atomic E-state index is 0.166. The molecule has 0 bridgehead atoms. The van der Waals surface area contributed by atoms with E-state index in [-0.39, 0.29) is 12.1 Å². The maximum atomic E-state index is 10.7. The van der Waals surface area contributed by atoms with Gasteiger partial charge in [0.2, 0.25) is 0 Å². The van der Waals surface area contributed by atoms with Crippen molar-refractivity contribution in [3.05, 3.63) is 12.2 Å². The summed E-state index contributed by atoms with van der Waals surface area (Å²) >= 11 is 0. The van der Waals surface area contributed by atoms with E-state index in [1.807, 2.05) is 4.68 Å². The van der Waals surface area contributed by atoms with Crippen molar-refractivity contribution in [1.82, 2.24) is 14.8 Å². The van der Waals surface area contributed by atoms with Crippen LogP contribution in [0.5, 0.6) is 0 Å². The van der Waals surface area contributed by atoms with Crippen LogP contribution in [-0.2, 0) is 11.2 Å². The number of aromatic nitrogens is 3. The molecular formula is C13H23N3O2. The van der Waals surface area contributed by atoms with E-state index in [1.54, 1.807) is 6.33 Å². The van der Waals surface area contributed by atoms with Crippen molar-refractivity contribution in [2.24, 2.45) is 0 Å². The number of nitrogens with zero attached hydrogens (tertiary/aromatic N) is 3. The summed E-state index contributed by atoms with van der Waals surface area (Å²) in [5, 5.41) is 14.9. The molecule has 1 aromatic heterocycles. The number of hydrogen-bond donors (Lipinski definition) is 1. The predicted molar refractivity (Wildman–Crippen MR) is 68.3 cm³/mol. The quantitative estimate of drug-likeness (QED) is 0.887. The largest absolute Gasteiger partial charge is 0.389 e. The molecule has 0 saturated carbocycles. The normalized spacial score (nSPS) is 28.8. The first kappa shape index (κ1) is 13.5. The van der Waals surface area contributed by atoms with Crippen LogP contribution >= 0.6 is 0 Å². The van der Waals surface area contributed by atoms with Gasteiger partial charge in [0, 0.05) is 31.9 Å². The first-order valence-electron chi connectivity index (χ1n) is 6.76. The van der Waals surface area contributed by atoms with Crippen LogP contribution in [0.15, 0.2) is 6.33 Å². The van der Waals surface area contributed by atoms with Crippen LogP contribution in [0.4, 0.5) is 0 Å².